The SMILES string of the molecule is CCN(CC)CC(C)(C)[N+](=O)[O-]. The normalized spacial score (nSPS) is 12.1. The van der Waals surface area contributed by atoms with Crippen LogP contribution < -0.4 is 0 Å². The zero-order valence-corrected chi connectivity index (χ0v) is 8.33. The van der Waals surface area contributed by atoms with Gasteiger partial charge in [-0.25, -0.2) is 0 Å². The Kier molecular flexibility index (Phi) is 4.17. The quantitative estimate of drug-likeness (QED) is 0.467. The molecule has 0 aliphatic rings. The van der Waals surface area contributed by atoms with E-state index in [1.54, 1.807) is 13.8 Å². The van der Waals surface area contributed by atoms with E-state index < -0.39 is 5.54 Å². The van der Waals surface area contributed by atoms with E-state index in [9.17, 15) is 10.1 Å². The van der Waals surface area contributed by atoms with E-state index in [2.05, 4.69) is 4.90 Å². The Labute approximate surface area is 73.7 Å². The first-order valence-electron chi connectivity index (χ1n) is 4.31. The average Bonchev–Trinajstić information content (AvgIpc) is 2.00. The van der Waals surface area contributed by atoms with Gasteiger partial charge in [-0.15, -0.1) is 0 Å². The van der Waals surface area contributed by atoms with Gasteiger partial charge in [-0.3, -0.25) is 15.0 Å². The van der Waals surface area contributed by atoms with Gasteiger partial charge in [0.25, 0.3) is 0 Å². The van der Waals surface area contributed by atoms with Crippen molar-refractivity contribution in [3.63, 3.8) is 0 Å². The lowest BCUT2D eigenvalue weighted by Crippen LogP contribution is -2.44. The number of nitro groups is 1. The lowest BCUT2D eigenvalue weighted by atomic mass is 10.1. The van der Waals surface area contributed by atoms with Crippen LogP contribution >= 0.6 is 0 Å². The van der Waals surface area contributed by atoms with Crippen molar-refractivity contribution < 1.29 is 4.92 Å². The van der Waals surface area contributed by atoms with Crippen molar-refractivity contribution in [3.8, 4) is 0 Å². The van der Waals surface area contributed by atoms with Crippen LogP contribution in [0.25, 0.3) is 0 Å². The minimum atomic E-state index is -0.827. The highest BCUT2D eigenvalue weighted by Gasteiger charge is 2.32. The Morgan fingerprint density at radius 3 is 2.00 bits per heavy atom. The van der Waals surface area contributed by atoms with Crippen LogP contribution in [-0.4, -0.2) is 35.0 Å². The molecule has 4 heteroatoms. The first-order chi connectivity index (χ1) is 5.44. The molecular weight excluding hydrogens is 156 g/mol. The molecule has 4 nitrogen and oxygen atoms in total. The fourth-order valence-electron chi connectivity index (χ4n) is 1.05. The number of rotatable bonds is 5. The summed E-state index contributed by atoms with van der Waals surface area (Å²) in [5.41, 5.74) is -0.827. The largest absolute Gasteiger partial charge is 0.297 e. The van der Waals surface area contributed by atoms with Gasteiger partial charge in [0.05, 0.1) is 6.54 Å². The Hall–Kier alpha value is -0.640. The third-order valence-electron chi connectivity index (χ3n) is 2.00. The maximum absolute atomic E-state index is 10.6. The summed E-state index contributed by atoms with van der Waals surface area (Å²) in [7, 11) is 0. The molecule has 0 unspecified atom stereocenters. The monoisotopic (exact) mass is 174 g/mol. The molecular formula is C8H18N2O2. The molecule has 0 amide bonds. The standard InChI is InChI=1S/C8H18N2O2/c1-5-9(6-2)7-8(3,4)10(11)12/h5-7H2,1-4H3. The van der Waals surface area contributed by atoms with Gasteiger partial charge in [-0.1, -0.05) is 13.8 Å². The van der Waals surface area contributed by atoms with Crippen LogP contribution in [0, 0.1) is 10.1 Å². The molecule has 0 aromatic rings. The topological polar surface area (TPSA) is 46.4 Å². The van der Waals surface area contributed by atoms with Crippen LogP contribution in [0.15, 0.2) is 0 Å². The molecule has 0 N–H and O–H groups in total. The first kappa shape index (κ1) is 11.4. The first-order valence-corrected chi connectivity index (χ1v) is 4.31. The van der Waals surface area contributed by atoms with Crippen LogP contribution in [0.5, 0.6) is 0 Å². The predicted molar refractivity (Wildman–Crippen MR) is 48.9 cm³/mol. The van der Waals surface area contributed by atoms with E-state index in [-0.39, 0.29) is 4.92 Å². The maximum atomic E-state index is 10.6. The van der Waals surface area contributed by atoms with E-state index in [1.165, 1.54) is 0 Å². The Bertz CT molecular complexity index is 153. The van der Waals surface area contributed by atoms with E-state index in [0.29, 0.717) is 6.54 Å². The van der Waals surface area contributed by atoms with Gasteiger partial charge >= 0.3 is 0 Å². The molecule has 0 aliphatic heterocycles. The van der Waals surface area contributed by atoms with Gasteiger partial charge in [-0.05, 0) is 13.1 Å². The summed E-state index contributed by atoms with van der Waals surface area (Å²) >= 11 is 0. The molecule has 12 heavy (non-hydrogen) atoms. The smallest absolute Gasteiger partial charge is 0.229 e. The highest BCUT2D eigenvalue weighted by atomic mass is 16.6. The van der Waals surface area contributed by atoms with Crippen molar-refractivity contribution in [1.29, 1.82) is 0 Å². The summed E-state index contributed by atoms with van der Waals surface area (Å²) in [6.07, 6.45) is 0. The second-order valence-corrected chi connectivity index (χ2v) is 3.53. The molecule has 0 rings (SSSR count). The van der Waals surface area contributed by atoms with Crippen LogP contribution in [0.3, 0.4) is 0 Å². The molecule has 0 aromatic carbocycles. The molecule has 0 heterocycles. The van der Waals surface area contributed by atoms with Crippen molar-refractivity contribution in [1.82, 2.24) is 4.90 Å². The van der Waals surface area contributed by atoms with Gasteiger partial charge in [0.1, 0.15) is 0 Å². The Morgan fingerprint density at radius 1 is 1.33 bits per heavy atom. The molecule has 0 radical (unpaired) electrons. The summed E-state index contributed by atoms with van der Waals surface area (Å²) in [5, 5.41) is 10.6. The third kappa shape index (κ3) is 3.17. The second-order valence-electron chi connectivity index (χ2n) is 3.53. The lowest BCUT2D eigenvalue weighted by Gasteiger charge is -2.24. The van der Waals surface area contributed by atoms with Crippen molar-refractivity contribution in [2.75, 3.05) is 19.6 Å². The molecule has 0 atom stereocenters. The minimum absolute atomic E-state index is 0.217. The molecule has 0 spiro atoms. The van der Waals surface area contributed by atoms with E-state index in [4.69, 9.17) is 0 Å². The van der Waals surface area contributed by atoms with Gasteiger partial charge < -0.3 is 0 Å². The zero-order valence-electron chi connectivity index (χ0n) is 8.33. The fourth-order valence-corrected chi connectivity index (χ4v) is 1.05. The number of nitrogens with zero attached hydrogens (tertiary/aromatic N) is 2. The van der Waals surface area contributed by atoms with Crippen LogP contribution in [-0.2, 0) is 0 Å². The van der Waals surface area contributed by atoms with Crippen LogP contribution in [0.1, 0.15) is 27.7 Å². The molecule has 0 aliphatic carbocycles. The Balaban J connectivity index is 4.12. The number of hydrogen-bond acceptors (Lipinski definition) is 3. The fraction of sp³-hybridized carbons (Fsp3) is 1.00. The van der Waals surface area contributed by atoms with E-state index in [1.807, 2.05) is 13.8 Å². The lowest BCUT2D eigenvalue weighted by molar-refractivity contribution is -0.560. The van der Waals surface area contributed by atoms with Gasteiger partial charge in [0.2, 0.25) is 5.54 Å². The van der Waals surface area contributed by atoms with Crippen molar-refractivity contribution >= 4 is 0 Å². The minimum Gasteiger partial charge on any atom is -0.297 e. The van der Waals surface area contributed by atoms with Crippen molar-refractivity contribution in [2.24, 2.45) is 0 Å². The van der Waals surface area contributed by atoms with Gasteiger partial charge in [0.15, 0.2) is 0 Å². The zero-order chi connectivity index (χ0) is 9.78. The van der Waals surface area contributed by atoms with E-state index >= 15 is 0 Å². The maximum Gasteiger partial charge on any atom is 0.229 e. The van der Waals surface area contributed by atoms with Crippen molar-refractivity contribution in [2.45, 2.75) is 33.2 Å². The van der Waals surface area contributed by atoms with Crippen LogP contribution in [0.2, 0.25) is 0 Å². The van der Waals surface area contributed by atoms with Gasteiger partial charge in [-0.2, -0.15) is 0 Å². The molecule has 0 aromatic heterocycles. The molecule has 72 valence electrons. The second kappa shape index (κ2) is 4.40. The Morgan fingerprint density at radius 2 is 1.75 bits per heavy atom. The van der Waals surface area contributed by atoms with Gasteiger partial charge in [0, 0.05) is 18.8 Å². The highest BCUT2D eigenvalue weighted by Crippen LogP contribution is 2.09. The molecule has 0 fully saturated rings. The summed E-state index contributed by atoms with van der Waals surface area (Å²) in [6.45, 7) is 9.60. The number of hydrogen-bond donors (Lipinski definition) is 0. The third-order valence-corrected chi connectivity index (χ3v) is 2.00. The highest BCUT2D eigenvalue weighted by molar-refractivity contribution is 4.71. The summed E-state index contributed by atoms with van der Waals surface area (Å²) in [6, 6.07) is 0. The summed E-state index contributed by atoms with van der Waals surface area (Å²) in [5.74, 6) is 0. The molecule has 0 saturated heterocycles. The summed E-state index contributed by atoms with van der Waals surface area (Å²) in [4.78, 5) is 12.4. The van der Waals surface area contributed by atoms with Crippen molar-refractivity contribution in [3.05, 3.63) is 10.1 Å². The molecule has 0 bridgehead atoms. The van der Waals surface area contributed by atoms with Crippen LogP contribution in [0.4, 0.5) is 0 Å². The summed E-state index contributed by atoms with van der Waals surface area (Å²) < 4.78 is 0. The number of likely N-dealkylation sites (N-methyl/N-ethyl adjacent to an activating group) is 1. The van der Waals surface area contributed by atoms with E-state index in [0.717, 1.165) is 13.1 Å². The predicted octanol–water partition coefficient (Wildman–Crippen LogP) is 1.38. The molecule has 0 saturated carbocycles. The average molecular weight is 174 g/mol.